The van der Waals surface area contributed by atoms with Gasteiger partial charge in [0.25, 0.3) is 0 Å². The topological polar surface area (TPSA) is 160 Å². The molecule has 1 aliphatic carbocycles. The van der Waals surface area contributed by atoms with Gasteiger partial charge in [-0.3, -0.25) is 15.0 Å². The van der Waals surface area contributed by atoms with E-state index in [1.165, 1.54) is 13.3 Å². The van der Waals surface area contributed by atoms with Crippen molar-refractivity contribution in [1.82, 2.24) is 45.4 Å². The van der Waals surface area contributed by atoms with Crippen LogP contribution in [0.25, 0.3) is 22.6 Å². The smallest absolute Gasteiger partial charge is 0.323 e. The third-order valence-electron chi connectivity index (χ3n) is 7.45. The van der Waals surface area contributed by atoms with Gasteiger partial charge in [0.15, 0.2) is 5.82 Å². The molecule has 1 saturated carbocycles. The lowest BCUT2D eigenvalue weighted by Gasteiger charge is -2.36. The van der Waals surface area contributed by atoms with Crippen LogP contribution in [0.3, 0.4) is 0 Å². The fraction of sp³-hybridized carbons (Fsp3) is 0.267. The van der Waals surface area contributed by atoms with Crippen molar-refractivity contribution in [2.75, 3.05) is 17.3 Å². The van der Waals surface area contributed by atoms with Crippen molar-refractivity contribution >= 4 is 41.0 Å². The van der Waals surface area contributed by atoms with E-state index in [9.17, 15) is 4.79 Å². The largest absolute Gasteiger partial charge is 0.467 e. The monoisotopic (exact) mass is 645 g/mol. The molecule has 0 radical (unpaired) electrons. The molecule has 0 aliphatic heterocycles. The summed E-state index contributed by atoms with van der Waals surface area (Å²) in [5.74, 6) is 0.884. The Balaban J connectivity index is 1.16. The number of methoxy groups -OCH3 is 1. The first-order valence-electron chi connectivity index (χ1n) is 14.3. The number of aromatic amines is 1. The Hall–Kier alpha value is -4.88. The van der Waals surface area contributed by atoms with Crippen LogP contribution < -0.4 is 20.3 Å². The molecule has 1 aliphatic rings. The van der Waals surface area contributed by atoms with E-state index in [1.807, 2.05) is 30.3 Å². The summed E-state index contributed by atoms with van der Waals surface area (Å²) in [6.07, 6.45) is 12.5. The summed E-state index contributed by atoms with van der Waals surface area (Å²) in [5.41, 5.74) is 3.16. The number of nitrogens with one attached hydrogen (secondary N) is 3. The molecule has 0 unspecified atom stereocenters. The predicted octanol–water partition coefficient (Wildman–Crippen LogP) is 5.57. The number of carbonyl (C=O) groups is 1. The maximum absolute atomic E-state index is 13.7. The molecule has 5 aromatic rings. The molecule has 3 N–H and O–H groups in total. The highest BCUT2D eigenvalue weighted by Crippen LogP contribution is 2.32. The first-order valence-corrected chi connectivity index (χ1v) is 15.0. The van der Waals surface area contributed by atoms with Crippen molar-refractivity contribution in [1.29, 1.82) is 0 Å². The number of nitrogens with zero attached hydrogens (tertiary/aromatic N) is 8. The molecule has 13 nitrogen and oxygen atoms in total. The highest BCUT2D eigenvalue weighted by Gasteiger charge is 2.31. The SMILES string of the molecule is COc1ncc(-c2cnc(N(C(=O)NCc3ccccc3)[C@H]3CC[C@H](Nc4ncc(Cl)c(-c5n[nH]cc5Cl)n4)CC3)cn2)cn1. The summed E-state index contributed by atoms with van der Waals surface area (Å²) in [6.45, 7) is 0.387. The highest BCUT2D eigenvalue weighted by molar-refractivity contribution is 6.35. The quantitative estimate of drug-likeness (QED) is 0.185. The molecule has 4 heterocycles. The number of ether oxygens (including phenoxy) is 1. The lowest BCUT2D eigenvalue weighted by molar-refractivity contribution is 0.240. The zero-order valence-electron chi connectivity index (χ0n) is 24.2. The minimum Gasteiger partial charge on any atom is -0.467 e. The second-order valence-electron chi connectivity index (χ2n) is 10.4. The summed E-state index contributed by atoms with van der Waals surface area (Å²) in [4.78, 5) is 41.8. The molecule has 15 heteroatoms. The molecular formula is C30H29Cl2N11O2. The molecule has 1 fully saturated rings. The number of aromatic nitrogens is 8. The first kappa shape index (κ1) is 30.2. The van der Waals surface area contributed by atoms with Gasteiger partial charge in [-0.2, -0.15) is 5.10 Å². The van der Waals surface area contributed by atoms with Gasteiger partial charge in [-0.25, -0.2) is 29.7 Å². The first-order chi connectivity index (χ1) is 22.0. The average Bonchev–Trinajstić information content (AvgIpc) is 3.51. The van der Waals surface area contributed by atoms with Crippen LogP contribution in [0.4, 0.5) is 16.6 Å². The maximum Gasteiger partial charge on any atom is 0.323 e. The van der Waals surface area contributed by atoms with Gasteiger partial charge in [0.2, 0.25) is 5.95 Å². The third kappa shape index (κ3) is 7.10. The molecule has 0 bridgehead atoms. The number of amides is 2. The second-order valence-corrected chi connectivity index (χ2v) is 11.2. The van der Waals surface area contributed by atoms with E-state index in [2.05, 4.69) is 50.7 Å². The Bertz CT molecular complexity index is 1730. The Morgan fingerprint density at radius 3 is 2.38 bits per heavy atom. The number of benzene rings is 1. The molecular weight excluding hydrogens is 617 g/mol. The lowest BCUT2D eigenvalue weighted by atomic mass is 9.90. The van der Waals surface area contributed by atoms with Gasteiger partial charge in [0.1, 0.15) is 11.4 Å². The number of hydrogen-bond donors (Lipinski definition) is 3. The number of halogens is 2. The summed E-state index contributed by atoms with van der Waals surface area (Å²) < 4.78 is 5.04. The van der Waals surface area contributed by atoms with Gasteiger partial charge in [-0.05, 0) is 31.2 Å². The minimum atomic E-state index is -0.244. The number of hydrogen-bond acceptors (Lipinski definition) is 10. The van der Waals surface area contributed by atoms with Gasteiger partial charge in [0.05, 0.1) is 41.4 Å². The van der Waals surface area contributed by atoms with E-state index in [0.29, 0.717) is 51.0 Å². The Morgan fingerprint density at radius 1 is 0.933 bits per heavy atom. The zero-order valence-corrected chi connectivity index (χ0v) is 25.7. The number of urea groups is 1. The molecule has 230 valence electrons. The molecule has 6 rings (SSSR count). The van der Waals surface area contributed by atoms with E-state index in [4.69, 9.17) is 27.9 Å². The van der Waals surface area contributed by atoms with Crippen molar-refractivity contribution in [3.8, 4) is 28.7 Å². The lowest BCUT2D eigenvalue weighted by Crippen LogP contribution is -2.49. The molecule has 0 spiro atoms. The summed E-state index contributed by atoms with van der Waals surface area (Å²) in [5, 5.41) is 14.1. The van der Waals surface area contributed by atoms with E-state index in [1.54, 1.807) is 35.9 Å². The fourth-order valence-corrected chi connectivity index (χ4v) is 5.53. The molecule has 0 saturated heterocycles. The van der Waals surface area contributed by atoms with Crippen molar-refractivity contribution in [3.05, 3.63) is 83.1 Å². The normalized spacial score (nSPS) is 16.2. The van der Waals surface area contributed by atoms with Gasteiger partial charge in [0, 0.05) is 42.8 Å². The van der Waals surface area contributed by atoms with Crippen molar-refractivity contribution in [3.63, 3.8) is 0 Å². The van der Waals surface area contributed by atoms with Crippen molar-refractivity contribution < 1.29 is 9.53 Å². The van der Waals surface area contributed by atoms with E-state index in [0.717, 1.165) is 31.2 Å². The van der Waals surface area contributed by atoms with Crippen LogP contribution >= 0.6 is 23.2 Å². The maximum atomic E-state index is 13.7. The summed E-state index contributed by atoms with van der Waals surface area (Å²) in [7, 11) is 1.50. The minimum absolute atomic E-state index is 0.0858. The van der Waals surface area contributed by atoms with E-state index < -0.39 is 0 Å². The number of anilines is 2. The molecule has 1 aromatic carbocycles. The summed E-state index contributed by atoms with van der Waals surface area (Å²) in [6, 6.07) is 9.77. The molecule has 2 amide bonds. The number of rotatable bonds is 9. The van der Waals surface area contributed by atoms with Crippen LogP contribution in [0.5, 0.6) is 6.01 Å². The van der Waals surface area contributed by atoms with Crippen LogP contribution in [0, 0.1) is 0 Å². The molecule has 0 atom stereocenters. The number of carbonyl (C=O) groups excluding carboxylic acids is 1. The van der Waals surface area contributed by atoms with Crippen molar-refractivity contribution in [2.24, 2.45) is 0 Å². The van der Waals surface area contributed by atoms with Crippen molar-refractivity contribution in [2.45, 2.75) is 44.3 Å². The van der Waals surface area contributed by atoms with Gasteiger partial charge in [-0.15, -0.1) is 0 Å². The number of H-pyrrole nitrogens is 1. The van der Waals surface area contributed by atoms with Crippen LogP contribution in [0.15, 0.2) is 67.5 Å². The molecule has 45 heavy (non-hydrogen) atoms. The molecule has 4 aromatic heterocycles. The fourth-order valence-electron chi connectivity index (χ4n) is 5.17. The Kier molecular flexibility index (Phi) is 9.27. The van der Waals surface area contributed by atoms with E-state index in [-0.39, 0.29) is 24.1 Å². The summed E-state index contributed by atoms with van der Waals surface area (Å²) >= 11 is 12.6. The Morgan fingerprint density at radius 2 is 1.71 bits per heavy atom. The van der Waals surface area contributed by atoms with Gasteiger partial charge in [-0.1, -0.05) is 53.5 Å². The average molecular weight is 647 g/mol. The van der Waals surface area contributed by atoms with E-state index >= 15 is 0 Å². The zero-order chi connectivity index (χ0) is 31.2. The van der Waals surface area contributed by atoms with Gasteiger partial charge >= 0.3 is 12.0 Å². The van der Waals surface area contributed by atoms with Crippen LogP contribution in [0.2, 0.25) is 10.0 Å². The van der Waals surface area contributed by atoms with Crippen LogP contribution in [0.1, 0.15) is 31.2 Å². The van der Waals surface area contributed by atoms with Crippen LogP contribution in [-0.4, -0.2) is 65.3 Å². The van der Waals surface area contributed by atoms with Crippen LogP contribution in [-0.2, 0) is 6.54 Å². The highest BCUT2D eigenvalue weighted by atomic mass is 35.5. The predicted molar refractivity (Wildman–Crippen MR) is 170 cm³/mol. The second kappa shape index (κ2) is 13.8. The standard InChI is InChI=1S/C30H29Cl2N11O2/c1-45-29-36-12-19(13-37-29)24-16-34-25(17-33-24)43(30(44)38-11-18-5-3-2-4-6-18)21-9-7-20(8-10-21)40-28-35-14-22(31)26(41-28)27-23(32)15-39-42-27/h2-6,12-17,20-21H,7-11H2,1H3,(H,38,44)(H,39,42)(H,35,40,41)/t20-,21-. The Labute approximate surface area is 268 Å². The third-order valence-corrected chi connectivity index (χ3v) is 8.02. The van der Waals surface area contributed by atoms with Gasteiger partial charge < -0.3 is 15.4 Å².